The molecule has 0 aliphatic rings. The van der Waals surface area contributed by atoms with Crippen LogP contribution in [0.4, 0.5) is 0 Å². The largest absolute Gasteiger partial charge is 0.425 e. The van der Waals surface area contributed by atoms with Crippen LogP contribution in [-0.4, -0.2) is 20.4 Å². The predicted octanol–water partition coefficient (Wildman–Crippen LogP) is 4.23. The number of benzene rings is 3. The number of nitrogens with one attached hydrogen (secondary N) is 1. The van der Waals surface area contributed by atoms with Crippen LogP contribution in [-0.2, 0) is 14.8 Å². The highest BCUT2D eigenvalue weighted by Gasteiger charge is 2.27. The Kier molecular flexibility index (Phi) is 6.05. The van der Waals surface area contributed by atoms with E-state index in [4.69, 9.17) is 9.15 Å². The minimum absolute atomic E-state index is 0.0647. The highest BCUT2D eigenvalue weighted by atomic mass is 32.2. The Morgan fingerprint density at radius 2 is 1.64 bits per heavy atom. The van der Waals surface area contributed by atoms with Gasteiger partial charge in [0.2, 0.25) is 10.0 Å². The Labute approximate surface area is 191 Å². The van der Waals surface area contributed by atoms with E-state index in [1.165, 1.54) is 12.1 Å². The molecule has 0 spiro atoms. The zero-order chi connectivity index (χ0) is 23.8. The molecular weight excluding hydrogens is 442 g/mol. The molecule has 4 rings (SSSR count). The van der Waals surface area contributed by atoms with Crippen molar-refractivity contribution in [1.82, 2.24) is 4.72 Å². The molecule has 1 unspecified atom stereocenters. The molecule has 170 valence electrons. The number of fused-ring (bicyclic) bond motifs is 3. The average Bonchev–Trinajstić information content (AvgIpc) is 2.80. The lowest BCUT2D eigenvalue weighted by Crippen LogP contribution is -2.42. The summed E-state index contributed by atoms with van der Waals surface area (Å²) >= 11 is 0. The maximum Gasteiger partial charge on any atom is 0.344 e. The van der Waals surface area contributed by atoms with Gasteiger partial charge >= 0.3 is 11.6 Å². The standard InChI is InChI=1S/C25H23NO6S/c1-4-21(26-33(29,30)17-11-9-15(2)10-12-17)25(28)31-22-14-13-19-18-7-5-6-8-20(18)24(27)32-23(19)16(22)3/h5-14,21,26H,4H2,1-3H3. The average molecular weight is 466 g/mol. The lowest BCUT2D eigenvalue weighted by Gasteiger charge is -2.17. The molecular formula is C25H23NO6S. The molecule has 1 aromatic heterocycles. The van der Waals surface area contributed by atoms with Gasteiger partial charge in [-0.15, -0.1) is 0 Å². The normalized spacial score (nSPS) is 12.7. The summed E-state index contributed by atoms with van der Waals surface area (Å²) in [6.07, 6.45) is 0.191. The minimum atomic E-state index is -3.91. The highest BCUT2D eigenvalue weighted by molar-refractivity contribution is 7.89. The van der Waals surface area contributed by atoms with Crippen molar-refractivity contribution in [2.45, 2.75) is 38.1 Å². The van der Waals surface area contributed by atoms with Gasteiger partial charge in [-0.2, -0.15) is 4.72 Å². The summed E-state index contributed by atoms with van der Waals surface area (Å²) in [5.74, 6) is -0.558. The van der Waals surface area contributed by atoms with E-state index in [9.17, 15) is 18.0 Å². The fourth-order valence-corrected chi connectivity index (χ4v) is 4.89. The molecule has 8 heteroatoms. The molecule has 33 heavy (non-hydrogen) atoms. The molecule has 0 aliphatic heterocycles. The first kappa shape index (κ1) is 22.7. The lowest BCUT2D eigenvalue weighted by atomic mass is 10.0. The van der Waals surface area contributed by atoms with E-state index in [1.807, 2.05) is 19.1 Å². The molecule has 4 aromatic rings. The van der Waals surface area contributed by atoms with Crippen molar-refractivity contribution >= 4 is 37.7 Å². The monoisotopic (exact) mass is 465 g/mol. The Bertz CT molecular complexity index is 1520. The third-order valence-corrected chi connectivity index (χ3v) is 7.01. The lowest BCUT2D eigenvalue weighted by molar-refractivity contribution is -0.136. The number of rotatable bonds is 6. The van der Waals surface area contributed by atoms with Gasteiger partial charge in [0.1, 0.15) is 17.4 Å². The van der Waals surface area contributed by atoms with Gasteiger partial charge in [0.15, 0.2) is 0 Å². The van der Waals surface area contributed by atoms with E-state index in [1.54, 1.807) is 50.2 Å². The number of aryl methyl sites for hydroxylation is 2. The van der Waals surface area contributed by atoms with Crippen LogP contribution < -0.4 is 15.1 Å². The van der Waals surface area contributed by atoms with Crippen molar-refractivity contribution < 1.29 is 22.4 Å². The SMILES string of the molecule is CCC(NS(=O)(=O)c1ccc(C)cc1)C(=O)Oc1ccc2c(oc(=O)c3ccccc32)c1C. The summed E-state index contributed by atoms with van der Waals surface area (Å²) in [6.45, 7) is 5.22. The number of carbonyl (C=O) groups is 1. The maximum atomic E-state index is 12.8. The van der Waals surface area contributed by atoms with Gasteiger partial charge < -0.3 is 9.15 Å². The van der Waals surface area contributed by atoms with E-state index in [2.05, 4.69) is 4.72 Å². The minimum Gasteiger partial charge on any atom is -0.425 e. The van der Waals surface area contributed by atoms with E-state index in [-0.39, 0.29) is 17.1 Å². The van der Waals surface area contributed by atoms with Gasteiger partial charge in [-0.3, -0.25) is 0 Å². The van der Waals surface area contributed by atoms with Crippen LogP contribution in [0.2, 0.25) is 0 Å². The summed E-state index contributed by atoms with van der Waals surface area (Å²) in [6, 6.07) is 15.7. The Morgan fingerprint density at radius 3 is 2.30 bits per heavy atom. The number of hydrogen-bond acceptors (Lipinski definition) is 6. The van der Waals surface area contributed by atoms with Crippen molar-refractivity contribution in [3.05, 3.63) is 82.2 Å². The number of hydrogen-bond donors (Lipinski definition) is 1. The zero-order valence-corrected chi connectivity index (χ0v) is 19.2. The van der Waals surface area contributed by atoms with Gasteiger partial charge in [0.25, 0.3) is 0 Å². The Balaban J connectivity index is 1.63. The molecule has 0 saturated carbocycles. The second-order valence-electron chi connectivity index (χ2n) is 7.82. The maximum absolute atomic E-state index is 12.8. The van der Waals surface area contributed by atoms with Crippen LogP contribution in [0.15, 0.2) is 74.8 Å². The third-order valence-electron chi connectivity index (χ3n) is 5.52. The van der Waals surface area contributed by atoms with Crippen LogP contribution in [0.3, 0.4) is 0 Å². The summed E-state index contributed by atoms with van der Waals surface area (Å²) in [4.78, 5) is 25.3. The first-order chi connectivity index (χ1) is 15.7. The Hall–Kier alpha value is -3.49. The second kappa shape index (κ2) is 8.80. The number of esters is 1. The van der Waals surface area contributed by atoms with Gasteiger partial charge in [-0.25, -0.2) is 18.0 Å². The molecule has 1 atom stereocenters. The third kappa shape index (κ3) is 4.40. The van der Waals surface area contributed by atoms with Crippen molar-refractivity contribution in [2.24, 2.45) is 0 Å². The van der Waals surface area contributed by atoms with E-state index in [0.717, 1.165) is 16.3 Å². The van der Waals surface area contributed by atoms with Gasteiger partial charge in [0.05, 0.1) is 10.3 Å². The second-order valence-corrected chi connectivity index (χ2v) is 9.53. The molecule has 0 bridgehead atoms. The van der Waals surface area contributed by atoms with Gasteiger partial charge in [0, 0.05) is 10.9 Å². The molecule has 0 radical (unpaired) electrons. The van der Waals surface area contributed by atoms with Crippen LogP contribution in [0.5, 0.6) is 5.75 Å². The highest BCUT2D eigenvalue weighted by Crippen LogP contribution is 2.31. The molecule has 0 saturated heterocycles. The van der Waals surface area contributed by atoms with E-state index < -0.39 is 27.7 Å². The van der Waals surface area contributed by atoms with Crippen molar-refractivity contribution in [3.8, 4) is 5.75 Å². The Morgan fingerprint density at radius 1 is 0.970 bits per heavy atom. The van der Waals surface area contributed by atoms with E-state index in [0.29, 0.717) is 16.5 Å². The molecule has 0 fully saturated rings. The van der Waals surface area contributed by atoms with Gasteiger partial charge in [-0.1, -0.05) is 42.8 Å². The molecule has 3 aromatic carbocycles. The fraction of sp³-hybridized carbons (Fsp3) is 0.200. The number of sulfonamides is 1. The quantitative estimate of drug-likeness (QED) is 0.198. The van der Waals surface area contributed by atoms with Crippen LogP contribution in [0.1, 0.15) is 24.5 Å². The van der Waals surface area contributed by atoms with E-state index >= 15 is 0 Å². The molecule has 0 amide bonds. The number of ether oxygens (including phenoxy) is 1. The number of carbonyl (C=O) groups excluding carboxylic acids is 1. The smallest absolute Gasteiger partial charge is 0.344 e. The molecule has 1 heterocycles. The topological polar surface area (TPSA) is 103 Å². The molecule has 7 nitrogen and oxygen atoms in total. The van der Waals surface area contributed by atoms with Gasteiger partial charge in [-0.05, 0) is 56.0 Å². The molecule has 1 N–H and O–H groups in total. The van der Waals surface area contributed by atoms with Crippen molar-refractivity contribution in [2.75, 3.05) is 0 Å². The van der Waals surface area contributed by atoms with Crippen molar-refractivity contribution in [3.63, 3.8) is 0 Å². The van der Waals surface area contributed by atoms with Crippen LogP contribution in [0, 0.1) is 13.8 Å². The predicted molar refractivity (Wildman–Crippen MR) is 126 cm³/mol. The first-order valence-corrected chi connectivity index (χ1v) is 12.0. The first-order valence-electron chi connectivity index (χ1n) is 10.5. The summed E-state index contributed by atoms with van der Waals surface area (Å²) in [5.41, 5.74) is 1.23. The summed E-state index contributed by atoms with van der Waals surface area (Å²) in [7, 11) is -3.91. The van der Waals surface area contributed by atoms with Crippen molar-refractivity contribution in [1.29, 1.82) is 0 Å². The summed E-state index contributed by atoms with van der Waals surface area (Å²) in [5, 5.41) is 1.92. The summed E-state index contributed by atoms with van der Waals surface area (Å²) < 4.78 is 38.9. The fourth-order valence-electron chi connectivity index (χ4n) is 3.62. The van der Waals surface area contributed by atoms with Crippen LogP contribution >= 0.6 is 0 Å². The molecule has 0 aliphatic carbocycles. The van der Waals surface area contributed by atoms with Crippen LogP contribution in [0.25, 0.3) is 21.7 Å². The zero-order valence-electron chi connectivity index (χ0n) is 18.4.